The van der Waals surface area contributed by atoms with Crippen molar-refractivity contribution in [2.45, 2.75) is 77.1 Å². The first-order valence-corrected chi connectivity index (χ1v) is 9.09. The molecule has 0 aromatic rings. The third kappa shape index (κ3) is 1.91. The van der Waals surface area contributed by atoms with Gasteiger partial charge in [-0.15, -0.1) is 0 Å². The molecule has 6 atom stereocenters. The molecule has 3 nitrogen and oxygen atoms in total. The fourth-order valence-electron chi connectivity index (χ4n) is 6.67. The number of aliphatic hydroxyl groups excluding tert-OH is 1. The lowest BCUT2D eigenvalue weighted by molar-refractivity contribution is -0.248. The highest BCUT2D eigenvalue weighted by Crippen LogP contribution is 2.65. The van der Waals surface area contributed by atoms with Crippen LogP contribution in [0.4, 0.5) is 0 Å². The van der Waals surface area contributed by atoms with Crippen LogP contribution in [0, 0.1) is 28.6 Å². The molecule has 0 aliphatic heterocycles. The molecule has 0 heterocycles. The summed E-state index contributed by atoms with van der Waals surface area (Å²) in [5.74, 6) is 0.226. The first-order valence-electron chi connectivity index (χ1n) is 9.09. The Balaban J connectivity index is 1.69. The fraction of sp³-hybridized carbons (Fsp3) is 0.895. The number of allylic oxidation sites excluding steroid dienone is 1. The molecule has 124 valence electrons. The molecule has 4 unspecified atom stereocenters. The average Bonchev–Trinajstić information content (AvgIpc) is 2.82. The van der Waals surface area contributed by atoms with Crippen molar-refractivity contribution in [3.8, 4) is 0 Å². The van der Waals surface area contributed by atoms with E-state index in [0.717, 1.165) is 18.3 Å². The van der Waals surface area contributed by atoms with Crippen LogP contribution in [0.15, 0.2) is 11.6 Å². The quantitative estimate of drug-likeness (QED) is 0.476. The highest BCUT2D eigenvalue weighted by molar-refractivity contribution is 5.27. The smallest absolute Gasteiger partial charge is 0.193 e. The summed E-state index contributed by atoms with van der Waals surface area (Å²) in [7, 11) is 0. The second kappa shape index (κ2) is 4.58. The van der Waals surface area contributed by atoms with Crippen LogP contribution < -0.4 is 0 Å². The van der Waals surface area contributed by atoms with Crippen molar-refractivity contribution in [2.75, 3.05) is 0 Å². The molecule has 0 aromatic heterocycles. The molecule has 3 fully saturated rings. The molecule has 0 spiro atoms. The van der Waals surface area contributed by atoms with Gasteiger partial charge in [-0.1, -0.05) is 31.9 Å². The van der Waals surface area contributed by atoms with Crippen molar-refractivity contribution >= 4 is 0 Å². The number of aliphatic hydroxyl groups is 3. The van der Waals surface area contributed by atoms with E-state index in [4.69, 9.17) is 0 Å². The van der Waals surface area contributed by atoms with Gasteiger partial charge in [0.15, 0.2) is 5.79 Å². The zero-order valence-corrected chi connectivity index (χ0v) is 13.9. The lowest BCUT2D eigenvalue weighted by atomic mass is 9.47. The normalized spacial score (nSPS) is 53.2. The highest BCUT2D eigenvalue weighted by atomic mass is 16.5. The largest absolute Gasteiger partial charge is 0.387 e. The zero-order chi connectivity index (χ0) is 15.8. The predicted molar refractivity (Wildman–Crippen MR) is 84.9 cm³/mol. The molecular weight excluding hydrogens is 276 g/mol. The van der Waals surface area contributed by atoms with Crippen LogP contribution in [-0.2, 0) is 0 Å². The van der Waals surface area contributed by atoms with Gasteiger partial charge in [0.2, 0.25) is 0 Å². The maximum absolute atomic E-state index is 10.2. The predicted octanol–water partition coefficient (Wildman–Crippen LogP) is 2.99. The Morgan fingerprint density at radius 1 is 1.09 bits per heavy atom. The highest BCUT2D eigenvalue weighted by Gasteiger charge is 2.58. The standard InChI is InChI=1S/C19H30O3/c1-17-8-3-4-14(17)13-6-5-12-10-19(21,22)16(20)11-18(12,2)15(13)7-9-17/h5,13-16,20-22H,3-4,6-11H2,1-2H3/t13?,14?,15?,16?,17-,18-/m0/s1. The minimum atomic E-state index is -1.94. The van der Waals surface area contributed by atoms with Gasteiger partial charge in [0, 0.05) is 6.42 Å². The lowest BCUT2D eigenvalue weighted by Gasteiger charge is -2.58. The van der Waals surface area contributed by atoms with Crippen molar-refractivity contribution < 1.29 is 15.3 Å². The SMILES string of the molecule is C[C@@]12CCCC1C1CC=C3CC(O)(O)C(O)C[C@]3(C)C1CC2. The van der Waals surface area contributed by atoms with Crippen molar-refractivity contribution in [1.82, 2.24) is 0 Å². The molecule has 0 saturated heterocycles. The van der Waals surface area contributed by atoms with Crippen molar-refractivity contribution in [1.29, 1.82) is 0 Å². The molecule has 0 aromatic carbocycles. The lowest BCUT2D eigenvalue weighted by Crippen LogP contribution is -2.56. The van der Waals surface area contributed by atoms with Gasteiger partial charge >= 0.3 is 0 Å². The Bertz CT molecular complexity index is 511. The van der Waals surface area contributed by atoms with Gasteiger partial charge in [0.1, 0.15) is 6.10 Å². The summed E-state index contributed by atoms with van der Waals surface area (Å²) in [5.41, 5.74) is 1.68. The molecule has 0 amide bonds. The summed E-state index contributed by atoms with van der Waals surface area (Å²) in [4.78, 5) is 0. The van der Waals surface area contributed by atoms with Gasteiger partial charge in [0.05, 0.1) is 0 Å². The van der Waals surface area contributed by atoms with Crippen LogP contribution in [0.25, 0.3) is 0 Å². The van der Waals surface area contributed by atoms with Crippen molar-refractivity contribution in [3.05, 3.63) is 11.6 Å². The second-order valence-corrected chi connectivity index (χ2v) is 9.12. The Hall–Kier alpha value is -0.380. The number of rotatable bonds is 0. The minimum Gasteiger partial charge on any atom is -0.387 e. The molecule has 4 aliphatic carbocycles. The Labute approximate surface area is 133 Å². The van der Waals surface area contributed by atoms with Crippen LogP contribution in [0.2, 0.25) is 0 Å². The van der Waals surface area contributed by atoms with Crippen LogP contribution in [-0.4, -0.2) is 27.2 Å². The number of hydrogen-bond donors (Lipinski definition) is 3. The van der Waals surface area contributed by atoms with Crippen molar-refractivity contribution in [2.24, 2.45) is 28.6 Å². The fourth-order valence-corrected chi connectivity index (χ4v) is 6.67. The van der Waals surface area contributed by atoms with Gasteiger partial charge in [-0.05, 0) is 67.1 Å². The summed E-state index contributed by atoms with van der Waals surface area (Å²) in [6.07, 6.45) is 9.74. The molecule has 4 aliphatic rings. The maximum Gasteiger partial charge on any atom is 0.193 e. The monoisotopic (exact) mass is 306 g/mol. The Morgan fingerprint density at radius 2 is 1.86 bits per heavy atom. The van der Waals surface area contributed by atoms with E-state index in [-0.39, 0.29) is 11.8 Å². The van der Waals surface area contributed by atoms with Crippen LogP contribution in [0.3, 0.4) is 0 Å². The minimum absolute atomic E-state index is 0.0405. The van der Waals surface area contributed by atoms with E-state index in [1.807, 2.05) is 0 Å². The third-order valence-electron chi connectivity index (χ3n) is 8.01. The van der Waals surface area contributed by atoms with Gasteiger partial charge in [0.25, 0.3) is 0 Å². The molecule has 0 radical (unpaired) electrons. The molecule has 3 saturated carbocycles. The third-order valence-corrected chi connectivity index (χ3v) is 8.01. The van der Waals surface area contributed by atoms with E-state index in [1.54, 1.807) is 0 Å². The molecule has 3 N–H and O–H groups in total. The molecular formula is C19H30O3. The second-order valence-electron chi connectivity index (χ2n) is 9.12. The van der Waals surface area contributed by atoms with E-state index < -0.39 is 11.9 Å². The van der Waals surface area contributed by atoms with Crippen LogP contribution in [0.1, 0.15) is 65.2 Å². The number of fused-ring (bicyclic) bond motifs is 5. The van der Waals surface area contributed by atoms with E-state index in [9.17, 15) is 15.3 Å². The summed E-state index contributed by atoms with van der Waals surface area (Å²) < 4.78 is 0. The summed E-state index contributed by atoms with van der Waals surface area (Å²) in [6.45, 7) is 4.76. The summed E-state index contributed by atoms with van der Waals surface area (Å²) in [6, 6.07) is 0. The van der Waals surface area contributed by atoms with Crippen molar-refractivity contribution in [3.63, 3.8) is 0 Å². The van der Waals surface area contributed by atoms with Crippen LogP contribution in [0.5, 0.6) is 0 Å². The molecule has 4 rings (SSSR count). The molecule has 3 heteroatoms. The maximum atomic E-state index is 10.2. The molecule has 0 bridgehead atoms. The van der Waals surface area contributed by atoms with Gasteiger partial charge in [-0.3, -0.25) is 0 Å². The zero-order valence-electron chi connectivity index (χ0n) is 13.9. The summed E-state index contributed by atoms with van der Waals surface area (Å²) in [5, 5.41) is 30.3. The van der Waals surface area contributed by atoms with Gasteiger partial charge in [-0.25, -0.2) is 0 Å². The molecule has 22 heavy (non-hydrogen) atoms. The van der Waals surface area contributed by atoms with Crippen LogP contribution >= 0.6 is 0 Å². The van der Waals surface area contributed by atoms with Gasteiger partial charge < -0.3 is 15.3 Å². The van der Waals surface area contributed by atoms with E-state index >= 15 is 0 Å². The summed E-state index contributed by atoms with van der Waals surface area (Å²) >= 11 is 0. The van der Waals surface area contributed by atoms with E-state index in [0.29, 0.717) is 17.8 Å². The van der Waals surface area contributed by atoms with E-state index in [1.165, 1.54) is 37.7 Å². The first-order chi connectivity index (χ1) is 10.3. The number of hydrogen-bond acceptors (Lipinski definition) is 3. The Kier molecular flexibility index (Phi) is 3.16. The topological polar surface area (TPSA) is 60.7 Å². The Morgan fingerprint density at radius 3 is 2.64 bits per heavy atom. The van der Waals surface area contributed by atoms with E-state index in [2.05, 4.69) is 19.9 Å². The first kappa shape index (κ1) is 15.2. The average molecular weight is 306 g/mol. The van der Waals surface area contributed by atoms with Gasteiger partial charge in [-0.2, -0.15) is 0 Å².